The van der Waals surface area contributed by atoms with Gasteiger partial charge < -0.3 is 18.9 Å². The fourth-order valence-corrected chi connectivity index (χ4v) is 3.96. The second kappa shape index (κ2) is 11.0. The molecule has 1 saturated heterocycles. The van der Waals surface area contributed by atoms with Gasteiger partial charge in [-0.05, 0) is 37.0 Å². The number of halogens is 1. The summed E-state index contributed by atoms with van der Waals surface area (Å²) in [4.78, 5) is 2.57. The standard InChI is InChI=1S/C20H31NO4.ClH/c1-22-19-8-7-16(15-20(19)23-2)9-12-25-18-6-4-3-5-17(18)21-10-13-24-14-11-21;/h7-8,15,17-18H,3-6,9-14H2,1-2H3;1H/t17-,18?;/m1./s1. The van der Waals surface area contributed by atoms with Gasteiger partial charge in [-0.25, -0.2) is 0 Å². The van der Waals surface area contributed by atoms with Crippen molar-refractivity contribution < 1.29 is 18.9 Å². The molecule has 1 aromatic carbocycles. The van der Waals surface area contributed by atoms with Crippen LogP contribution < -0.4 is 9.47 Å². The van der Waals surface area contributed by atoms with E-state index in [1.807, 2.05) is 12.1 Å². The van der Waals surface area contributed by atoms with Crippen molar-refractivity contribution in [2.24, 2.45) is 0 Å². The lowest BCUT2D eigenvalue weighted by atomic mass is 9.91. The summed E-state index contributed by atoms with van der Waals surface area (Å²) in [5.74, 6) is 1.55. The molecule has 2 fully saturated rings. The maximum absolute atomic E-state index is 6.33. The largest absolute Gasteiger partial charge is 0.493 e. The van der Waals surface area contributed by atoms with E-state index in [-0.39, 0.29) is 12.4 Å². The lowest BCUT2D eigenvalue weighted by Gasteiger charge is -2.41. The number of benzene rings is 1. The Morgan fingerprint density at radius 2 is 1.77 bits per heavy atom. The highest BCUT2D eigenvalue weighted by atomic mass is 35.5. The van der Waals surface area contributed by atoms with Crippen LogP contribution in [0.25, 0.3) is 0 Å². The minimum absolute atomic E-state index is 0. The van der Waals surface area contributed by atoms with Crippen molar-refractivity contribution in [2.75, 3.05) is 47.1 Å². The molecule has 0 amide bonds. The molecule has 26 heavy (non-hydrogen) atoms. The van der Waals surface area contributed by atoms with Crippen molar-refractivity contribution in [3.05, 3.63) is 23.8 Å². The summed E-state index contributed by atoms with van der Waals surface area (Å²) < 4.78 is 22.5. The van der Waals surface area contributed by atoms with E-state index in [1.54, 1.807) is 14.2 Å². The molecular weight excluding hydrogens is 354 g/mol. The first-order chi connectivity index (χ1) is 12.3. The number of methoxy groups -OCH3 is 2. The van der Waals surface area contributed by atoms with Crippen LogP contribution >= 0.6 is 12.4 Å². The number of hydrogen-bond acceptors (Lipinski definition) is 5. The molecule has 0 aromatic heterocycles. The zero-order chi connectivity index (χ0) is 17.5. The summed E-state index contributed by atoms with van der Waals surface area (Å²) in [5, 5.41) is 0. The van der Waals surface area contributed by atoms with Crippen LogP contribution in [0.2, 0.25) is 0 Å². The van der Waals surface area contributed by atoms with Crippen LogP contribution in [-0.4, -0.2) is 64.2 Å². The fraction of sp³-hybridized carbons (Fsp3) is 0.700. The maximum Gasteiger partial charge on any atom is 0.160 e. The Hall–Kier alpha value is -1.01. The van der Waals surface area contributed by atoms with Crippen LogP contribution in [0.3, 0.4) is 0 Å². The van der Waals surface area contributed by atoms with E-state index >= 15 is 0 Å². The summed E-state index contributed by atoms with van der Waals surface area (Å²) in [7, 11) is 3.34. The van der Waals surface area contributed by atoms with Gasteiger partial charge in [0.15, 0.2) is 11.5 Å². The summed E-state index contributed by atoms with van der Waals surface area (Å²) in [6.45, 7) is 4.55. The Kier molecular flexibility index (Phi) is 8.99. The highest BCUT2D eigenvalue weighted by Gasteiger charge is 2.31. The third-order valence-corrected chi connectivity index (χ3v) is 5.35. The van der Waals surface area contributed by atoms with Gasteiger partial charge in [-0.3, -0.25) is 4.90 Å². The van der Waals surface area contributed by atoms with E-state index in [0.717, 1.165) is 50.8 Å². The second-order valence-corrected chi connectivity index (χ2v) is 6.85. The molecule has 5 nitrogen and oxygen atoms in total. The number of morpholine rings is 1. The zero-order valence-electron chi connectivity index (χ0n) is 15.9. The quantitative estimate of drug-likeness (QED) is 0.720. The molecule has 1 aliphatic carbocycles. The van der Waals surface area contributed by atoms with Crippen molar-refractivity contribution in [3.8, 4) is 11.5 Å². The average molecular weight is 386 g/mol. The first kappa shape index (κ1) is 21.3. The first-order valence-electron chi connectivity index (χ1n) is 9.46. The van der Waals surface area contributed by atoms with E-state index in [2.05, 4.69) is 11.0 Å². The van der Waals surface area contributed by atoms with Gasteiger partial charge in [0.2, 0.25) is 0 Å². The van der Waals surface area contributed by atoms with Crippen molar-refractivity contribution in [3.63, 3.8) is 0 Å². The fourth-order valence-electron chi connectivity index (χ4n) is 3.96. The van der Waals surface area contributed by atoms with Gasteiger partial charge >= 0.3 is 0 Å². The summed E-state index contributed by atoms with van der Waals surface area (Å²) in [6, 6.07) is 6.65. The number of rotatable bonds is 7. The first-order valence-corrected chi connectivity index (χ1v) is 9.46. The molecule has 0 N–H and O–H groups in total. The van der Waals surface area contributed by atoms with Crippen molar-refractivity contribution in [1.29, 1.82) is 0 Å². The van der Waals surface area contributed by atoms with Crippen LogP contribution in [-0.2, 0) is 15.9 Å². The minimum atomic E-state index is 0. The van der Waals surface area contributed by atoms with Gasteiger partial charge in [-0.2, -0.15) is 0 Å². The third kappa shape index (κ3) is 5.49. The van der Waals surface area contributed by atoms with E-state index in [9.17, 15) is 0 Å². The molecule has 1 aromatic rings. The van der Waals surface area contributed by atoms with E-state index in [1.165, 1.54) is 31.2 Å². The average Bonchev–Trinajstić information content (AvgIpc) is 2.69. The van der Waals surface area contributed by atoms with Crippen molar-refractivity contribution >= 4 is 12.4 Å². The molecule has 1 aliphatic heterocycles. The molecule has 0 bridgehead atoms. The van der Waals surface area contributed by atoms with Crippen LogP contribution in [0.4, 0.5) is 0 Å². The van der Waals surface area contributed by atoms with Crippen molar-refractivity contribution in [2.45, 2.75) is 44.2 Å². The van der Waals surface area contributed by atoms with Gasteiger partial charge in [-0.15, -0.1) is 12.4 Å². The van der Waals surface area contributed by atoms with Crippen LogP contribution in [0.15, 0.2) is 18.2 Å². The van der Waals surface area contributed by atoms with Crippen molar-refractivity contribution in [1.82, 2.24) is 4.90 Å². The second-order valence-electron chi connectivity index (χ2n) is 6.85. The maximum atomic E-state index is 6.33. The molecular formula is C20H32ClNO4. The minimum Gasteiger partial charge on any atom is -0.493 e. The van der Waals surface area contributed by atoms with Gasteiger partial charge in [0.25, 0.3) is 0 Å². The Balaban J connectivity index is 0.00000243. The zero-order valence-corrected chi connectivity index (χ0v) is 16.8. The smallest absolute Gasteiger partial charge is 0.160 e. The highest BCUT2D eigenvalue weighted by Crippen LogP contribution is 2.29. The van der Waals surface area contributed by atoms with E-state index in [0.29, 0.717) is 12.1 Å². The highest BCUT2D eigenvalue weighted by molar-refractivity contribution is 5.85. The molecule has 2 aliphatic rings. The molecule has 148 valence electrons. The van der Waals surface area contributed by atoms with Crippen LogP contribution in [0, 0.1) is 0 Å². The van der Waals surface area contributed by atoms with Crippen LogP contribution in [0.1, 0.15) is 31.2 Å². The summed E-state index contributed by atoms with van der Waals surface area (Å²) in [6.07, 6.45) is 6.27. The SMILES string of the molecule is COc1ccc(CCOC2CCCC[C@H]2N2CCOCC2)cc1OC.Cl. The summed E-state index contributed by atoms with van der Waals surface area (Å²) >= 11 is 0. The predicted molar refractivity (Wildman–Crippen MR) is 105 cm³/mol. The molecule has 6 heteroatoms. The van der Waals surface area contributed by atoms with Gasteiger partial charge in [0.1, 0.15) is 0 Å². The molecule has 3 rings (SSSR count). The lowest BCUT2D eigenvalue weighted by molar-refractivity contribution is -0.0647. The number of nitrogens with zero attached hydrogens (tertiary/aromatic N) is 1. The normalized spacial score (nSPS) is 23.9. The Labute approximate surface area is 163 Å². The van der Waals surface area contributed by atoms with E-state index in [4.69, 9.17) is 18.9 Å². The molecule has 0 radical (unpaired) electrons. The predicted octanol–water partition coefficient (Wildman–Crippen LogP) is 3.33. The third-order valence-electron chi connectivity index (χ3n) is 5.35. The molecule has 0 spiro atoms. The molecule has 1 unspecified atom stereocenters. The number of hydrogen-bond donors (Lipinski definition) is 0. The van der Waals surface area contributed by atoms with E-state index < -0.39 is 0 Å². The van der Waals surface area contributed by atoms with Gasteiger partial charge in [0, 0.05) is 19.1 Å². The Morgan fingerprint density at radius 1 is 1.04 bits per heavy atom. The summed E-state index contributed by atoms with van der Waals surface area (Å²) in [5.41, 5.74) is 1.22. The molecule has 1 saturated carbocycles. The Bertz CT molecular complexity index is 537. The topological polar surface area (TPSA) is 40.2 Å². The van der Waals surface area contributed by atoms with Gasteiger partial charge in [-0.1, -0.05) is 18.9 Å². The van der Waals surface area contributed by atoms with Crippen LogP contribution in [0.5, 0.6) is 11.5 Å². The lowest BCUT2D eigenvalue weighted by Crippen LogP contribution is -2.51. The molecule has 1 heterocycles. The van der Waals surface area contributed by atoms with Gasteiger partial charge in [0.05, 0.1) is 40.1 Å². The molecule has 2 atom stereocenters. The Morgan fingerprint density at radius 3 is 2.50 bits per heavy atom. The monoisotopic (exact) mass is 385 g/mol. The number of ether oxygens (including phenoxy) is 4.